The Kier molecular flexibility index (Phi) is 67.8. The molecule has 0 aliphatic heterocycles. The normalized spacial score (nSPS) is 14.6. The molecule has 0 rings (SSSR count). The van der Waals surface area contributed by atoms with Gasteiger partial charge in [0.05, 0.1) is 26.4 Å². The fourth-order valence-electron chi connectivity index (χ4n) is 12.2. The number of hydrogen-bond acceptors (Lipinski definition) is 15. The van der Waals surface area contributed by atoms with Crippen LogP contribution in [0.3, 0.4) is 0 Å². The van der Waals surface area contributed by atoms with Gasteiger partial charge in [-0.25, -0.2) is 9.13 Å². The summed E-state index contributed by atoms with van der Waals surface area (Å²) < 4.78 is 68.7. The van der Waals surface area contributed by atoms with Crippen molar-refractivity contribution < 1.29 is 80.2 Å². The Bertz CT molecular complexity index is 1940. The summed E-state index contributed by atoms with van der Waals surface area (Å²) in [6.45, 7) is 14.3. The zero-order valence-corrected chi connectivity index (χ0v) is 66.9. The van der Waals surface area contributed by atoms with Crippen molar-refractivity contribution in [2.75, 3.05) is 39.6 Å². The molecular weight excluding hydrogens is 1290 g/mol. The van der Waals surface area contributed by atoms with Gasteiger partial charge in [0.1, 0.15) is 19.3 Å². The lowest BCUT2D eigenvalue weighted by atomic mass is 9.99. The minimum absolute atomic E-state index is 0.105. The maximum Gasteiger partial charge on any atom is 0.472 e. The van der Waals surface area contributed by atoms with Gasteiger partial charge in [-0.2, -0.15) is 0 Å². The smallest absolute Gasteiger partial charge is 0.462 e. The molecule has 0 aromatic heterocycles. The van der Waals surface area contributed by atoms with E-state index in [1.54, 1.807) is 0 Å². The van der Waals surface area contributed by atoms with Gasteiger partial charge in [0, 0.05) is 25.7 Å². The Labute approximate surface area is 607 Å². The van der Waals surface area contributed by atoms with E-state index in [1.165, 1.54) is 205 Å². The number of carbonyl (C=O) groups excluding carboxylic acids is 4. The number of aliphatic hydroxyl groups is 1. The highest BCUT2D eigenvalue weighted by molar-refractivity contribution is 7.47. The molecule has 0 heterocycles. The number of aliphatic hydroxyl groups excluding tert-OH is 1. The van der Waals surface area contributed by atoms with E-state index in [-0.39, 0.29) is 25.7 Å². The highest BCUT2D eigenvalue weighted by Crippen LogP contribution is 2.45. The first kappa shape index (κ1) is 97.1. The van der Waals surface area contributed by atoms with Crippen LogP contribution >= 0.6 is 15.6 Å². The van der Waals surface area contributed by atoms with E-state index < -0.39 is 97.5 Å². The van der Waals surface area contributed by atoms with Crippen molar-refractivity contribution in [2.24, 2.45) is 23.7 Å². The van der Waals surface area contributed by atoms with Crippen LogP contribution in [0, 0.1) is 23.7 Å². The summed E-state index contributed by atoms with van der Waals surface area (Å²) in [4.78, 5) is 73.0. The molecule has 0 aliphatic rings. The number of phosphoric ester groups is 2. The monoisotopic (exact) mass is 1450 g/mol. The van der Waals surface area contributed by atoms with Crippen LogP contribution in [-0.2, 0) is 65.4 Å². The summed E-state index contributed by atoms with van der Waals surface area (Å²) in [6, 6.07) is 0. The standard InChI is InChI=1S/C80H156O17P2/c1-9-72(7)58-50-42-34-28-24-25-31-37-47-55-63-80(85)96-75(66-90-77(82)60-52-44-35-29-22-18-16-14-12-11-13-15-17-20-26-32-40-48-56-70(3)4)68-94-98(86,87)92-64-74(81)65-93-99(88,89)95-69-76(67-91-78(83)61-53-45-39-38-43-51-59-73(8)10-2)97-79(84)62-54-46-36-30-23-19-21-27-33-41-49-57-71(5)6/h70-76,81H,9-69H2,1-8H3,(H,86,87)(H,88,89)/t72?,73?,74-,75-,76-/m1/s1. The first-order valence-corrected chi connectivity index (χ1v) is 44.3. The van der Waals surface area contributed by atoms with Crippen LogP contribution in [0.1, 0.15) is 409 Å². The van der Waals surface area contributed by atoms with Gasteiger partial charge >= 0.3 is 39.5 Å². The van der Waals surface area contributed by atoms with Gasteiger partial charge in [-0.15, -0.1) is 0 Å². The van der Waals surface area contributed by atoms with E-state index in [2.05, 4.69) is 55.4 Å². The summed E-state index contributed by atoms with van der Waals surface area (Å²) in [5, 5.41) is 10.6. The van der Waals surface area contributed by atoms with Crippen molar-refractivity contribution in [1.29, 1.82) is 0 Å². The number of carbonyl (C=O) groups is 4. The Morgan fingerprint density at radius 2 is 0.485 bits per heavy atom. The van der Waals surface area contributed by atoms with Crippen molar-refractivity contribution in [3.05, 3.63) is 0 Å². The Hall–Kier alpha value is -1.94. The van der Waals surface area contributed by atoms with Gasteiger partial charge < -0.3 is 33.8 Å². The molecule has 0 aromatic carbocycles. The van der Waals surface area contributed by atoms with Crippen LogP contribution in [0.25, 0.3) is 0 Å². The Morgan fingerprint density at radius 1 is 0.283 bits per heavy atom. The van der Waals surface area contributed by atoms with Crippen LogP contribution in [-0.4, -0.2) is 96.7 Å². The predicted octanol–water partition coefficient (Wildman–Crippen LogP) is 23.6. The third kappa shape index (κ3) is 71.5. The fraction of sp³-hybridized carbons (Fsp3) is 0.950. The molecule has 0 saturated carbocycles. The molecule has 0 aliphatic carbocycles. The molecule has 0 saturated heterocycles. The van der Waals surface area contributed by atoms with Crippen molar-refractivity contribution in [1.82, 2.24) is 0 Å². The molecule has 17 nitrogen and oxygen atoms in total. The van der Waals surface area contributed by atoms with Gasteiger partial charge in [-0.3, -0.25) is 37.3 Å². The molecule has 4 unspecified atom stereocenters. The van der Waals surface area contributed by atoms with Crippen LogP contribution in [0.5, 0.6) is 0 Å². The highest BCUT2D eigenvalue weighted by atomic mass is 31.2. The quantitative estimate of drug-likeness (QED) is 0.0222. The second-order valence-corrected chi connectivity index (χ2v) is 33.1. The van der Waals surface area contributed by atoms with Crippen molar-refractivity contribution in [3.8, 4) is 0 Å². The highest BCUT2D eigenvalue weighted by Gasteiger charge is 2.30. The molecule has 99 heavy (non-hydrogen) atoms. The van der Waals surface area contributed by atoms with E-state index >= 15 is 0 Å². The largest absolute Gasteiger partial charge is 0.472 e. The summed E-state index contributed by atoms with van der Waals surface area (Å²) >= 11 is 0. The van der Waals surface area contributed by atoms with E-state index in [1.807, 2.05) is 0 Å². The molecule has 0 aromatic rings. The van der Waals surface area contributed by atoms with E-state index in [9.17, 15) is 43.2 Å². The number of unbranched alkanes of at least 4 members (excludes halogenated alkanes) is 41. The number of rotatable bonds is 77. The van der Waals surface area contributed by atoms with E-state index in [0.29, 0.717) is 25.7 Å². The van der Waals surface area contributed by atoms with Crippen LogP contribution in [0.15, 0.2) is 0 Å². The average Bonchev–Trinajstić information content (AvgIpc) is 1.09. The van der Waals surface area contributed by atoms with Gasteiger partial charge in [0.15, 0.2) is 12.2 Å². The summed E-state index contributed by atoms with van der Waals surface area (Å²) in [7, 11) is -9.92. The number of ether oxygens (including phenoxy) is 4. The van der Waals surface area contributed by atoms with Crippen LogP contribution < -0.4 is 0 Å². The van der Waals surface area contributed by atoms with Crippen LogP contribution in [0.4, 0.5) is 0 Å². The Balaban J connectivity index is 5.21. The lowest BCUT2D eigenvalue weighted by Gasteiger charge is -2.21. The molecule has 0 radical (unpaired) electrons. The van der Waals surface area contributed by atoms with Crippen molar-refractivity contribution in [2.45, 2.75) is 427 Å². The first-order chi connectivity index (χ1) is 47.7. The molecule has 3 N–H and O–H groups in total. The number of hydrogen-bond donors (Lipinski definition) is 3. The first-order valence-electron chi connectivity index (χ1n) is 41.3. The molecule has 0 amide bonds. The van der Waals surface area contributed by atoms with E-state index in [0.717, 1.165) is 120 Å². The molecular formula is C80H156O17P2. The lowest BCUT2D eigenvalue weighted by molar-refractivity contribution is -0.161. The predicted molar refractivity (Wildman–Crippen MR) is 404 cm³/mol. The van der Waals surface area contributed by atoms with Gasteiger partial charge in [0.2, 0.25) is 0 Å². The molecule has 0 spiro atoms. The van der Waals surface area contributed by atoms with Gasteiger partial charge in [0.25, 0.3) is 0 Å². The molecule has 0 fully saturated rings. The maximum atomic E-state index is 13.1. The van der Waals surface area contributed by atoms with Crippen molar-refractivity contribution >= 4 is 39.5 Å². The van der Waals surface area contributed by atoms with Gasteiger partial charge in [-0.05, 0) is 49.4 Å². The van der Waals surface area contributed by atoms with Crippen LogP contribution in [0.2, 0.25) is 0 Å². The zero-order valence-electron chi connectivity index (χ0n) is 65.1. The Morgan fingerprint density at radius 3 is 0.717 bits per heavy atom. The minimum Gasteiger partial charge on any atom is -0.462 e. The summed E-state index contributed by atoms with van der Waals surface area (Å²) in [5.74, 6) is 1.00. The average molecular weight is 1450 g/mol. The maximum absolute atomic E-state index is 13.1. The SMILES string of the molecule is CCC(C)CCCCCCCCCCCCC(=O)O[C@H](COC(=O)CCCCCCCCCCCCCCCCCCCCC(C)C)COP(=O)(O)OC[C@@H](O)COP(=O)(O)OC[C@@H](COC(=O)CCCCCCCCC(C)CC)OC(=O)CCCCCCCCCCCCCC(C)C. The third-order valence-electron chi connectivity index (χ3n) is 19.3. The number of esters is 4. The molecule has 0 bridgehead atoms. The van der Waals surface area contributed by atoms with E-state index in [4.69, 9.17) is 37.0 Å². The van der Waals surface area contributed by atoms with Gasteiger partial charge in [-0.1, -0.05) is 357 Å². The second-order valence-electron chi connectivity index (χ2n) is 30.2. The number of phosphoric acid groups is 2. The zero-order chi connectivity index (χ0) is 73.1. The fourth-order valence-corrected chi connectivity index (χ4v) is 13.8. The third-order valence-corrected chi connectivity index (χ3v) is 21.2. The summed E-state index contributed by atoms with van der Waals surface area (Å²) in [5.41, 5.74) is 0. The second kappa shape index (κ2) is 69.1. The summed E-state index contributed by atoms with van der Waals surface area (Å²) in [6.07, 6.45) is 55.5. The topological polar surface area (TPSA) is 237 Å². The van der Waals surface area contributed by atoms with Crippen molar-refractivity contribution in [3.63, 3.8) is 0 Å². The molecule has 19 heteroatoms. The molecule has 588 valence electrons. The lowest BCUT2D eigenvalue weighted by Crippen LogP contribution is -2.30. The minimum atomic E-state index is -4.96. The molecule has 7 atom stereocenters.